The van der Waals surface area contributed by atoms with E-state index in [1.165, 1.54) is 0 Å². The first kappa shape index (κ1) is 16.2. The molecule has 2 nitrogen and oxygen atoms in total. The van der Waals surface area contributed by atoms with Gasteiger partial charge in [0.05, 0.1) is 16.7 Å². The Hall–Kier alpha value is -0.220. The van der Waals surface area contributed by atoms with Gasteiger partial charge in [0.2, 0.25) is 0 Å². The van der Waals surface area contributed by atoms with Gasteiger partial charge in [0.1, 0.15) is 0 Å². The SMILES string of the molecule is COC1(C(O)CSc2ccccc2Cl)CCC(C)CC1. The molecule has 112 valence electrons. The van der Waals surface area contributed by atoms with Crippen molar-refractivity contribution in [3.63, 3.8) is 0 Å². The number of rotatable bonds is 5. The minimum absolute atomic E-state index is 0.374. The topological polar surface area (TPSA) is 29.5 Å². The minimum atomic E-state index is -0.457. The third-order valence-corrected chi connectivity index (χ3v) is 5.96. The van der Waals surface area contributed by atoms with Gasteiger partial charge in [-0.3, -0.25) is 0 Å². The first-order valence-electron chi connectivity index (χ1n) is 7.18. The van der Waals surface area contributed by atoms with E-state index < -0.39 is 6.10 Å². The zero-order chi connectivity index (χ0) is 14.6. The molecule has 1 aromatic rings. The fourth-order valence-electron chi connectivity index (χ4n) is 2.81. The zero-order valence-electron chi connectivity index (χ0n) is 12.1. The number of thioether (sulfide) groups is 1. The molecule has 0 spiro atoms. The quantitative estimate of drug-likeness (QED) is 0.817. The van der Waals surface area contributed by atoms with Gasteiger partial charge in [-0.1, -0.05) is 30.7 Å². The van der Waals surface area contributed by atoms with Gasteiger partial charge in [-0.05, 0) is 43.7 Å². The predicted molar refractivity (Wildman–Crippen MR) is 85.6 cm³/mol. The normalized spacial score (nSPS) is 28.3. The molecule has 0 radical (unpaired) electrons. The summed E-state index contributed by atoms with van der Waals surface area (Å²) in [6, 6.07) is 7.75. The van der Waals surface area contributed by atoms with Crippen LogP contribution in [-0.2, 0) is 4.74 Å². The molecule has 4 heteroatoms. The molecule has 20 heavy (non-hydrogen) atoms. The van der Waals surface area contributed by atoms with E-state index >= 15 is 0 Å². The molecule has 0 amide bonds. The fourth-order valence-corrected chi connectivity index (χ4v) is 4.13. The number of halogens is 1. The Morgan fingerprint density at radius 2 is 2.05 bits per heavy atom. The number of hydrogen-bond acceptors (Lipinski definition) is 3. The van der Waals surface area contributed by atoms with Crippen LogP contribution in [0.25, 0.3) is 0 Å². The Morgan fingerprint density at radius 3 is 2.65 bits per heavy atom. The number of benzene rings is 1. The Bertz CT molecular complexity index is 430. The Kier molecular flexibility index (Phi) is 5.79. The lowest BCUT2D eigenvalue weighted by Crippen LogP contribution is -2.48. The fraction of sp³-hybridized carbons (Fsp3) is 0.625. The smallest absolute Gasteiger partial charge is 0.0944 e. The maximum atomic E-state index is 10.6. The highest BCUT2D eigenvalue weighted by Crippen LogP contribution is 2.39. The third-order valence-electron chi connectivity index (χ3n) is 4.37. The minimum Gasteiger partial charge on any atom is -0.389 e. The first-order chi connectivity index (χ1) is 9.57. The van der Waals surface area contributed by atoms with Crippen molar-refractivity contribution < 1.29 is 9.84 Å². The van der Waals surface area contributed by atoms with E-state index in [2.05, 4.69) is 6.92 Å². The maximum Gasteiger partial charge on any atom is 0.0944 e. The van der Waals surface area contributed by atoms with Crippen LogP contribution in [0.1, 0.15) is 32.6 Å². The molecule has 0 aromatic heterocycles. The van der Waals surface area contributed by atoms with Crippen molar-refractivity contribution in [2.24, 2.45) is 5.92 Å². The standard InChI is InChI=1S/C16H23ClO2S/c1-12-7-9-16(19-2,10-8-12)15(18)11-20-14-6-4-3-5-13(14)17/h3-6,12,15,18H,7-11H2,1-2H3. The van der Waals surface area contributed by atoms with Crippen LogP contribution < -0.4 is 0 Å². The molecule has 1 atom stereocenters. The van der Waals surface area contributed by atoms with E-state index in [0.717, 1.165) is 41.5 Å². The van der Waals surface area contributed by atoms with Crippen molar-refractivity contribution in [3.8, 4) is 0 Å². The van der Waals surface area contributed by atoms with Crippen molar-refractivity contribution in [1.82, 2.24) is 0 Å². The monoisotopic (exact) mass is 314 g/mol. The number of hydrogen-bond donors (Lipinski definition) is 1. The highest BCUT2D eigenvalue weighted by atomic mass is 35.5. The van der Waals surface area contributed by atoms with Crippen molar-refractivity contribution in [2.45, 2.75) is 49.2 Å². The average Bonchev–Trinajstić information content (AvgIpc) is 2.47. The number of ether oxygens (including phenoxy) is 1. The van der Waals surface area contributed by atoms with Gasteiger partial charge in [-0.2, -0.15) is 0 Å². The predicted octanol–water partition coefficient (Wildman–Crippen LogP) is 4.39. The number of methoxy groups -OCH3 is 1. The molecule has 1 aliphatic rings. The second-order valence-corrected chi connectivity index (χ2v) is 7.18. The lowest BCUT2D eigenvalue weighted by atomic mass is 9.77. The van der Waals surface area contributed by atoms with Crippen LogP contribution in [0.4, 0.5) is 0 Å². The van der Waals surface area contributed by atoms with E-state index in [1.54, 1.807) is 18.9 Å². The summed E-state index contributed by atoms with van der Waals surface area (Å²) < 4.78 is 5.71. The molecule has 1 saturated carbocycles. The first-order valence-corrected chi connectivity index (χ1v) is 8.54. The van der Waals surface area contributed by atoms with Crippen molar-refractivity contribution >= 4 is 23.4 Å². The van der Waals surface area contributed by atoms with Gasteiger partial charge >= 0.3 is 0 Å². The summed E-state index contributed by atoms with van der Waals surface area (Å²) >= 11 is 7.75. The van der Waals surface area contributed by atoms with Gasteiger partial charge < -0.3 is 9.84 Å². The van der Waals surface area contributed by atoms with Crippen LogP contribution in [0.15, 0.2) is 29.2 Å². The molecular weight excluding hydrogens is 292 g/mol. The maximum absolute atomic E-state index is 10.6. The highest BCUT2D eigenvalue weighted by Gasteiger charge is 2.40. The van der Waals surface area contributed by atoms with Crippen LogP contribution in [-0.4, -0.2) is 29.7 Å². The van der Waals surface area contributed by atoms with E-state index in [1.807, 2.05) is 24.3 Å². The summed E-state index contributed by atoms with van der Waals surface area (Å²) in [5.41, 5.74) is -0.374. The van der Waals surface area contributed by atoms with Crippen LogP contribution in [0.3, 0.4) is 0 Å². The Labute approximate surface area is 130 Å². The summed E-state index contributed by atoms with van der Waals surface area (Å²) in [5.74, 6) is 1.35. The zero-order valence-corrected chi connectivity index (χ0v) is 13.7. The van der Waals surface area contributed by atoms with Gasteiger partial charge in [0.15, 0.2) is 0 Å². The molecular formula is C16H23ClO2S. The molecule has 1 unspecified atom stereocenters. The second kappa shape index (κ2) is 7.17. The molecule has 1 aromatic carbocycles. The van der Waals surface area contributed by atoms with Gasteiger partial charge in [0, 0.05) is 17.8 Å². The highest BCUT2D eigenvalue weighted by molar-refractivity contribution is 7.99. The summed E-state index contributed by atoms with van der Waals surface area (Å²) in [4.78, 5) is 1.02. The van der Waals surface area contributed by atoms with E-state index in [0.29, 0.717) is 5.75 Å². The number of aliphatic hydroxyl groups excluding tert-OH is 1. The summed E-state index contributed by atoms with van der Waals surface area (Å²) in [5, 5.41) is 11.3. The van der Waals surface area contributed by atoms with E-state index in [4.69, 9.17) is 16.3 Å². The molecule has 1 N–H and O–H groups in total. The Balaban J connectivity index is 1.96. The summed E-state index contributed by atoms with van der Waals surface area (Å²) in [6.45, 7) is 2.27. The van der Waals surface area contributed by atoms with Crippen LogP contribution >= 0.6 is 23.4 Å². The van der Waals surface area contributed by atoms with E-state index in [-0.39, 0.29) is 5.60 Å². The van der Waals surface area contributed by atoms with Crippen molar-refractivity contribution in [1.29, 1.82) is 0 Å². The number of aliphatic hydroxyl groups is 1. The van der Waals surface area contributed by atoms with Crippen LogP contribution in [0.2, 0.25) is 5.02 Å². The molecule has 1 fully saturated rings. The largest absolute Gasteiger partial charge is 0.389 e. The lowest BCUT2D eigenvalue weighted by molar-refractivity contribution is -0.119. The van der Waals surface area contributed by atoms with Crippen LogP contribution in [0, 0.1) is 5.92 Å². The molecule has 1 aliphatic carbocycles. The Morgan fingerprint density at radius 1 is 1.40 bits per heavy atom. The molecule has 0 heterocycles. The molecule has 0 bridgehead atoms. The van der Waals surface area contributed by atoms with Gasteiger partial charge in [-0.25, -0.2) is 0 Å². The molecule has 0 aliphatic heterocycles. The third kappa shape index (κ3) is 3.70. The lowest BCUT2D eigenvalue weighted by Gasteiger charge is -2.41. The summed E-state index contributed by atoms with van der Waals surface area (Å²) in [6.07, 6.45) is 3.67. The van der Waals surface area contributed by atoms with Crippen molar-refractivity contribution in [2.75, 3.05) is 12.9 Å². The summed E-state index contributed by atoms with van der Waals surface area (Å²) in [7, 11) is 1.72. The second-order valence-electron chi connectivity index (χ2n) is 5.71. The van der Waals surface area contributed by atoms with Crippen molar-refractivity contribution in [3.05, 3.63) is 29.3 Å². The van der Waals surface area contributed by atoms with Gasteiger partial charge in [0.25, 0.3) is 0 Å². The average molecular weight is 315 g/mol. The molecule has 2 rings (SSSR count). The van der Waals surface area contributed by atoms with Gasteiger partial charge in [-0.15, -0.1) is 11.8 Å². The van der Waals surface area contributed by atoms with Crippen LogP contribution in [0.5, 0.6) is 0 Å². The molecule has 0 saturated heterocycles. The van der Waals surface area contributed by atoms with E-state index in [9.17, 15) is 5.11 Å².